The van der Waals surface area contributed by atoms with E-state index in [0.29, 0.717) is 13.2 Å². The molecule has 1 unspecified atom stereocenters. The van der Waals surface area contributed by atoms with Crippen LogP contribution in [0.5, 0.6) is 0 Å². The summed E-state index contributed by atoms with van der Waals surface area (Å²) in [7, 11) is -1.09. The molecule has 1 N–H and O–H groups in total. The van der Waals surface area contributed by atoms with Gasteiger partial charge in [-0.3, -0.25) is 4.79 Å². The van der Waals surface area contributed by atoms with E-state index in [4.69, 9.17) is 4.74 Å². The van der Waals surface area contributed by atoms with Crippen LogP contribution in [0.4, 0.5) is 5.82 Å². The molecule has 152 valence electrons. The Morgan fingerprint density at radius 2 is 2.14 bits per heavy atom. The van der Waals surface area contributed by atoms with Gasteiger partial charge in [-0.15, -0.1) is 0 Å². The molecular formula is C20H30N4O3Si. The summed E-state index contributed by atoms with van der Waals surface area (Å²) in [6, 6.07) is 3.20. The van der Waals surface area contributed by atoms with Crippen LogP contribution < -0.4 is 4.90 Å². The lowest BCUT2D eigenvalue weighted by Gasteiger charge is -2.38. The molecule has 1 aliphatic heterocycles. The largest absolute Gasteiger partial charge is 0.481 e. The number of anilines is 1. The molecule has 1 spiro atoms. The summed E-state index contributed by atoms with van der Waals surface area (Å²) in [5, 5.41) is 10.6. The summed E-state index contributed by atoms with van der Waals surface area (Å²) >= 11 is 0. The molecule has 0 radical (unpaired) electrons. The Labute approximate surface area is 166 Å². The van der Waals surface area contributed by atoms with E-state index in [1.807, 2.05) is 10.8 Å². The van der Waals surface area contributed by atoms with Crippen molar-refractivity contribution < 1.29 is 14.6 Å². The molecule has 7 nitrogen and oxygen atoms in total. The number of ether oxygens (including phenoxy) is 1. The zero-order valence-electron chi connectivity index (χ0n) is 17.0. The van der Waals surface area contributed by atoms with Crippen LogP contribution >= 0.6 is 0 Å². The van der Waals surface area contributed by atoms with Gasteiger partial charge in [0.05, 0.1) is 11.3 Å². The fourth-order valence-corrected chi connectivity index (χ4v) is 5.04. The third kappa shape index (κ3) is 3.80. The van der Waals surface area contributed by atoms with Gasteiger partial charge in [0.1, 0.15) is 24.5 Å². The van der Waals surface area contributed by atoms with Crippen LogP contribution in [0.15, 0.2) is 18.6 Å². The number of piperidine rings is 1. The Balaban J connectivity index is 1.49. The molecule has 0 aromatic carbocycles. The van der Waals surface area contributed by atoms with Gasteiger partial charge in [0.15, 0.2) is 0 Å². The van der Waals surface area contributed by atoms with Crippen LogP contribution in [-0.4, -0.2) is 53.4 Å². The van der Waals surface area contributed by atoms with Crippen LogP contribution in [0.3, 0.4) is 0 Å². The van der Waals surface area contributed by atoms with E-state index < -0.39 is 14.0 Å². The quantitative estimate of drug-likeness (QED) is 0.564. The Morgan fingerprint density at radius 1 is 1.36 bits per heavy atom. The summed E-state index contributed by atoms with van der Waals surface area (Å²) < 4.78 is 7.92. The van der Waals surface area contributed by atoms with E-state index in [9.17, 15) is 9.90 Å². The topological polar surface area (TPSA) is 80.5 Å². The molecule has 28 heavy (non-hydrogen) atoms. The first-order valence-corrected chi connectivity index (χ1v) is 13.9. The van der Waals surface area contributed by atoms with Crippen LogP contribution in [-0.2, 0) is 16.3 Å². The van der Waals surface area contributed by atoms with Crippen molar-refractivity contribution in [3.05, 3.63) is 18.6 Å². The number of hydrogen-bond acceptors (Lipinski definition) is 5. The minimum absolute atomic E-state index is 0.0656. The molecule has 2 aromatic rings. The second-order valence-corrected chi connectivity index (χ2v) is 15.2. The minimum Gasteiger partial charge on any atom is -0.481 e. The van der Waals surface area contributed by atoms with E-state index in [1.165, 1.54) is 0 Å². The highest BCUT2D eigenvalue weighted by atomic mass is 28.3. The molecule has 2 fully saturated rings. The number of carboxylic acid groups (broad SMARTS) is 1. The third-order valence-corrected chi connectivity index (χ3v) is 7.89. The van der Waals surface area contributed by atoms with Gasteiger partial charge in [0, 0.05) is 39.4 Å². The maximum atomic E-state index is 11.6. The number of carboxylic acids is 1. The van der Waals surface area contributed by atoms with Crippen molar-refractivity contribution in [1.29, 1.82) is 0 Å². The monoisotopic (exact) mass is 402 g/mol. The van der Waals surface area contributed by atoms with Crippen molar-refractivity contribution in [3.63, 3.8) is 0 Å². The summed E-state index contributed by atoms with van der Waals surface area (Å²) in [5.41, 5.74) is 0.812. The molecule has 0 bridgehead atoms. The van der Waals surface area contributed by atoms with Crippen molar-refractivity contribution in [2.45, 2.75) is 51.7 Å². The lowest BCUT2D eigenvalue weighted by molar-refractivity contribution is -0.144. The molecule has 0 amide bonds. The lowest BCUT2D eigenvalue weighted by Crippen LogP contribution is -2.45. The maximum absolute atomic E-state index is 11.6. The highest BCUT2D eigenvalue weighted by Gasteiger charge is 2.55. The van der Waals surface area contributed by atoms with E-state index in [0.717, 1.165) is 55.4 Å². The van der Waals surface area contributed by atoms with E-state index in [1.54, 1.807) is 6.33 Å². The fourth-order valence-electron chi connectivity index (χ4n) is 4.28. The highest BCUT2D eigenvalue weighted by Crippen LogP contribution is 2.56. The van der Waals surface area contributed by atoms with Gasteiger partial charge < -0.3 is 19.3 Å². The lowest BCUT2D eigenvalue weighted by atomic mass is 9.82. The third-order valence-electron chi connectivity index (χ3n) is 6.18. The summed E-state index contributed by atoms with van der Waals surface area (Å²) in [5.74, 6) is 0.0537. The maximum Gasteiger partial charge on any atom is 0.307 e. The van der Waals surface area contributed by atoms with Gasteiger partial charge in [-0.1, -0.05) is 19.6 Å². The number of aliphatic carboxylic acids is 1. The van der Waals surface area contributed by atoms with Crippen molar-refractivity contribution in [1.82, 2.24) is 14.5 Å². The van der Waals surface area contributed by atoms with Crippen molar-refractivity contribution in [3.8, 4) is 0 Å². The fraction of sp³-hybridized carbons (Fsp3) is 0.650. The molecule has 2 aromatic heterocycles. The van der Waals surface area contributed by atoms with Crippen LogP contribution in [0, 0.1) is 11.3 Å². The molecule has 2 aliphatic rings. The Kier molecular flexibility index (Phi) is 4.95. The highest BCUT2D eigenvalue weighted by molar-refractivity contribution is 6.76. The van der Waals surface area contributed by atoms with Gasteiger partial charge in [-0.25, -0.2) is 9.97 Å². The smallest absolute Gasteiger partial charge is 0.307 e. The van der Waals surface area contributed by atoms with E-state index >= 15 is 0 Å². The van der Waals surface area contributed by atoms with Crippen molar-refractivity contribution in [2.24, 2.45) is 11.3 Å². The molecule has 3 heterocycles. The number of carbonyl (C=O) groups is 1. The zero-order valence-corrected chi connectivity index (χ0v) is 18.0. The van der Waals surface area contributed by atoms with E-state index in [-0.39, 0.29) is 11.3 Å². The Hall–Kier alpha value is -1.93. The zero-order chi connectivity index (χ0) is 19.9. The molecule has 1 atom stereocenters. The van der Waals surface area contributed by atoms with E-state index in [2.05, 4.69) is 40.6 Å². The van der Waals surface area contributed by atoms with Gasteiger partial charge in [-0.05, 0) is 31.4 Å². The van der Waals surface area contributed by atoms with Crippen LogP contribution in [0.1, 0.15) is 19.3 Å². The predicted molar refractivity (Wildman–Crippen MR) is 111 cm³/mol. The summed E-state index contributed by atoms with van der Waals surface area (Å²) in [4.78, 5) is 22.9. The molecule has 1 saturated carbocycles. The average Bonchev–Trinajstić information content (AvgIpc) is 3.25. The second kappa shape index (κ2) is 7.15. The standard InChI is InChI=1S/C20H30N4O3Si/c1-28(2,3)11-10-27-14-24-8-4-15-17(21-13-22-18(15)24)23-9-5-16(19(25)26)20(12-23)6-7-20/h4,8,13,16H,5-7,9-12,14H2,1-3H3,(H,25,26). The first-order valence-electron chi connectivity index (χ1n) is 10.1. The number of nitrogens with zero attached hydrogens (tertiary/aromatic N) is 4. The number of hydrogen-bond donors (Lipinski definition) is 1. The van der Waals surface area contributed by atoms with Gasteiger partial charge in [0.2, 0.25) is 0 Å². The van der Waals surface area contributed by atoms with Crippen molar-refractivity contribution >= 4 is 30.9 Å². The number of aromatic nitrogens is 3. The first kappa shape index (κ1) is 19.4. The van der Waals surface area contributed by atoms with Gasteiger partial charge >= 0.3 is 5.97 Å². The molecule has 1 aliphatic carbocycles. The summed E-state index contributed by atoms with van der Waals surface area (Å²) in [6.07, 6.45) is 6.30. The molecule has 1 saturated heterocycles. The SMILES string of the molecule is C[Si](C)(C)CCOCn1ccc2c(N3CCC(C(=O)O)C4(CC4)C3)ncnc21. The number of rotatable bonds is 7. The van der Waals surface area contributed by atoms with Crippen LogP contribution in [0.25, 0.3) is 11.0 Å². The van der Waals surface area contributed by atoms with Gasteiger partial charge in [-0.2, -0.15) is 0 Å². The average molecular weight is 403 g/mol. The summed E-state index contributed by atoms with van der Waals surface area (Å²) in [6.45, 7) is 9.81. The van der Waals surface area contributed by atoms with Crippen LogP contribution in [0.2, 0.25) is 25.7 Å². The molecular weight excluding hydrogens is 372 g/mol. The molecule has 8 heteroatoms. The molecule has 4 rings (SSSR count). The minimum atomic E-state index is -1.09. The normalized spacial score (nSPS) is 21.4. The van der Waals surface area contributed by atoms with Crippen molar-refractivity contribution in [2.75, 3.05) is 24.6 Å². The second-order valence-electron chi connectivity index (χ2n) is 9.53. The Morgan fingerprint density at radius 3 is 2.82 bits per heavy atom. The van der Waals surface area contributed by atoms with Gasteiger partial charge in [0.25, 0.3) is 0 Å². The number of fused-ring (bicyclic) bond motifs is 1. The first-order chi connectivity index (χ1) is 13.3. The predicted octanol–water partition coefficient (Wildman–Crippen LogP) is 3.43. The Bertz CT molecular complexity index is 872.